The fourth-order valence-electron chi connectivity index (χ4n) is 4.61. The first-order valence-electron chi connectivity index (χ1n) is 14.1. The Morgan fingerprint density at radius 2 is 1.00 bits per heavy atom. The van der Waals surface area contributed by atoms with Gasteiger partial charge in [-0.15, -0.1) is 0 Å². The Morgan fingerprint density at radius 3 is 1.32 bits per heavy atom. The average molecular weight is 621 g/mol. The number of aromatic nitrogens is 2. The van der Waals surface area contributed by atoms with Crippen LogP contribution in [0, 0.1) is 13.8 Å². The van der Waals surface area contributed by atoms with Gasteiger partial charge in [0.05, 0.1) is 49.3 Å². The summed E-state index contributed by atoms with van der Waals surface area (Å²) in [5, 5.41) is 37.3. The van der Waals surface area contributed by atoms with E-state index in [9.17, 15) is 19.8 Å². The second-order valence-corrected chi connectivity index (χ2v) is 10.2. The summed E-state index contributed by atoms with van der Waals surface area (Å²) in [7, 11) is 0. The smallest absolute Gasteiger partial charge is 0.317 e. The monoisotopic (exact) mass is 620 g/mol. The lowest BCUT2D eigenvalue weighted by Gasteiger charge is -2.24. The Hall–Kier alpha value is -3.66. The predicted molar refractivity (Wildman–Crippen MR) is 164 cm³/mol. The summed E-state index contributed by atoms with van der Waals surface area (Å²) in [5.74, 6) is -2.03. The fourth-order valence-corrected chi connectivity index (χ4v) is 4.61. The van der Waals surface area contributed by atoms with Crippen molar-refractivity contribution in [1.82, 2.24) is 24.7 Å². The van der Waals surface area contributed by atoms with E-state index >= 15 is 0 Å². The van der Waals surface area contributed by atoms with Gasteiger partial charge in [-0.2, -0.15) is 0 Å². The Morgan fingerprint density at radius 1 is 0.659 bits per heavy atom. The van der Waals surface area contributed by atoms with Crippen LogP contribution in [-0.4, -0.2) is 110 Å². The minimum Gasteiger partial charge on any atom is -0.480 e. The highest BCUT2D eigenvalue weighted by molar-refractivity contribution is 5.69. The quantitative estimate of drug-likeness (QED) is 0.103. The van der Waals surface area contributed by atoms with Gasteiger partial charge in [-0.25, -0.2) is 0 Å². The molecular weight excluding hydrogens is 572 g/mol. The molecule has 0 saturated heterocycles. The molecule has 0 aliphatic heterocycles. The van der Waals surface area contributed by atoms with Crippen LogP contribution in [0.2, 0.25) is 0 Å². The predicted octanol–water partition coefficient (Wildman–Crippen LogP) is 0.918. The topological polar surface area (TPSA) is 211 Å². The van der Waals surface area contributed by atoms with Crippen LogP contribution in [0.3, 0.4) is 0 Å². The third-order valence-corrected chi connectivity index (χ3v) is 6.24. The van der Waals surface area contributed by atoms with Crippen LogP contribution in [-0.2, 0) is 45.4 Å². The normalized spacial score (nSPS) is 10.7. The molecule has 0 amide bonds. The average Bonchev–Trinajstić information content (AvgIpc) is 2.97. The maximum atomic E-state index is 11.1. The second kappa shape index (κ2) is 23.8. The maximum absolute atomic E-state index is 11.1. The minimum atomic E-state index is -1.02. The fraction of sp³-hybridized carbons (Fsp3) is 0.533. The molecule has 14 heteroatoms. The Kier molecular flexibility index (Phi) is 21.8. The molecular formula is C30H48N6O8. The highest BCUT2D eigenvalue weighted by atomic mass is 16.4. The van der Waals surface area contributed by atoms with Crippen molar-refractivity contribution in [1.29, 1.82) is 0 Å². The number of aliphatic hydroxyl groups is 2. The first-order chi connectivity index (χ1) is 21.1. The van der Waals surface area contributed by atoms with Gasteiger partial charge in [0.2, 0.25) is 0 Å². The summed E-state index contributed by atoms with van der Waals surface area (Å²) < 4.78 is 0. The van der Waals surface area contributed by atoms with Crippen LogP contribution in [0.25, 0.3) is 0 Å². The van der Waals surface area contributed by atoms with Gasteiger partial charge < -0.3 is 35.7 Å². The molecule has 0 atom stereocenters. The Bertz CT molecular complexity index is 1040. The summed E-state index contributed by atoms with van der Waals surface area (Å²) in [4.78, 5) is 52.8. The number of carboxylic acids is 2. The van der Waals surface area contributed by atoms with E-state index in [4.69, 9.17) is 35.5 Å². The van der Waals surface area contributed by atoms with Crippen molar-refractivity contribution in [3.63, 3.8) is 0 Å². The number of hydrogen-bond acceptors (Lipinski definition) is 12. The van der Waals surface area contributed by atoms with Gasteiger partial charge >= 0.3 is 11.9 Å². The van der Waals surface area contributed by atoms with Crippen molar-refractivity contribution in [3.8, 4) is 0 Å². The van der Waals surface area contributed by atoms with E-state index in [-0.39, 0.29) is 39.6 Å². The lowest BCUT2D eigenvalue weighted by atomic mass is 10.1. The molecule has 0 unspecified atom stereocenters. The number of unbranched alkanes of at least 4 members (excludes halogenated alkanes) is 3. The number of aliphatic hydroxyl groups excluding tert-OH is 2. The zero-order valence-corrected chi connectivity index (χ0v) is 25.9. The van der Waals surface area contributed by atoms with Gasteiger partial charge in [-0.1, -0.05) is 12.8 Å². The largest absolute Gasteiger partial charge is 0.480 e. The number of carboxylic acid groups (broad SMARTS) is 2. The molecule has 0 aromatic carbocycles. The van der Waals surface area contributed by atoms with E-state index in [0.717, 1.165) is 54.7 Å². The molecule has 44 heavy (non-hydrogen) atoms. The number of aryl methyl sites for hydroxylation is 2. The molecule has 14 nitrogen and oxygen atoms in total. The van der Waals surface area contributed by atoms with Crippen LogP contribution >= 0.6 is 0 Å². The molecule has 2 aromatic heterocycles. The number of carbonyl (C=O) groups excluding carboxylic acids is 2. The van der Waals surface area contributed by atoms with Gasteiger partial charge in [0.25, 0.3) is 0 Å². The molecule has 2 aromatic rings. The van der Waals surface area contributed by atoms with E-state index in [1.165, 1.54) is 9.80 Å². The molecule has 0 radical (unpaired) electrons. The number of hydrogen-bond donors (Lipinski definition) is 5. The Balaban J connectivity index is 0.00000443. The van der Waals surface area contributed by atoms with E-state index in [0.29, 0.717) is 31.0 Å². The van der Waals surface area contributed by atoms with Crippen LogP contribution in [0.1, 0.15) is 59.6 Å². The first kappa shape index (κ1) is 40.3. The highest BCUT2D eigenvalue weighted by Gasteiger charge is 2.15. The summed E-state index contributed by atoms with van der Waals surface area (Å²) in [6.45, 7) is 9.63. The van der Waals surface area contributed by atoms with Crippen molar-refractivity contribution in [2.45, 2.75) is 65.7 Å². The van der Waals surface area contributed by atoms with Crippen molar-refractivity contribution >= 4 is 25.5 Å². The molecule has 0 aliphatic carbocycles. The van der Waals surface area contributed by atoms with Gasteiger partial charge in [-0.05, 0) is 75.2 Å². The van der Waals surface area contributed by atoms with Gasteiger partial charge in [-0.3, -0.25) is 34.3 Å². The third kappa shape index (κ3) is 17.5. The maximum Gasteiger partial charge on any atom is 0.317 e. The molecule has 2 rings (SSSR count). The molecule has 6 N–H and O–H groups in total. The zero-order chi connectivity index (χ0) is 33.5. The summed E-state index contributed by atoms with van der Waals surface area (Å²) >= 11 is 0. The minimum absolute atomic E-state index is 0.219. The number of pyridine rings is 2. The first-order valence-corrected chi connectivity index (χ1v) is 14.1. The number of carbonyl (C=O) groups is 4. The van der Waals surface area contributed by atoms with Crippen molar-refractivity contribution in [2.24, 2.45) is 5.73 Å². The van der Waals surface area contributed by atoms with Gasteiger partial charge in [0.15, 0.2) is 0 Å². The lowest BCUT2D eigenvalue weighted by molar-refractivity contribution is -0.140. The van der Waals surface area contributed by atoms with Crippen LogP contribution < -0.4 is 5.73 Å². The molecule has 0 bridgehead atoms. The van der Waals surface area contributed by atoms with Gasteiger partial charge in [0.1, 0.15) is 13.6 Å². The van der Waals surface area contributed by atoms with Gasteiger partial charge in [0, 0.05) is 26.2 Å². The molecule has 0 spiro atoms. The molecule has 2 heterocycles. The molecule has 0 saturated carbocycles. The van der Waals surface area contributed by atoms with Crippen LogP contribution in [0.4, 0.5) is 0 Å². The number of nitrogens with zero attached hydrogens (tertiary/aromatic N) is 5. The van der Waals surface area contributed by atoms with E-state index in [2.05, 4.69) is 4.90 Å². The standard InChI is InChI=1S/C28H44N6O6.2CH2O/c1-21-9-23(30-25(11-21)15-33(19-35)17-27(37)38)13-32(8-6-4-3-5-7-29)14-24-10-22(2)12-26(31-24)16-34(20-36)18-28(39)40;2*1-2/h9-12,35-36H,3-8,13-20,29H2,1-2H3,(H,37,38)(H,39,40);2*1H2. The summed E-state index contributed by atoms with van der Waals surface area (Å²) in [6.07, 6.45) is 4.07. The number of aliphatic carboxylic acids is 2. The van der Waals surface area contributed by atoms with Crippen LogP contribution in [0.15, 0.2) is 24.3 Å². The van der Waals surface area contributed by atoms with Crippen molar-refractivity contribution in [2.75, 3.05) is 39.6 Å². The van der Waals surface area contributed by atoms with Crippen LogP contribution in [0.5, 0.6) is 0 Å². The summed E-state index contributed by atoms with van der Waals surface area (Å²) in [5.41, 5.74) is 10.7. The van der Waals surface area contributed by atoms with Crippen molar-refractivity contribution in [3.05, 3.63) is 58.2 Å². The second-order valence-electron chi connectivity index (χ2n) is 10.2. The molecule has 0 fully saturated rings. The zero-order valence-electron chi connectivity index (χ0n) is 25.9. The lowest BCUT2D eigenvalue weighted by Crippen LogP contribution is -2.31. The van der Waals surface area contributed by atoms with E-state index in [1.54, 1.807) is 0 Å². The van der Waals surface area contributed by atoms with E-state index < -0.39 is 11.9 Å². The highest BCUT2D eigenvalue weighted by Crippen LogP contribution is 2.16. The van der Waals surface area contributed by atoms with E-state index in [1.807, 2.05) is 51.7 Å². The summed E-state index contributed by atoms with van der Waals surface area (Å²) in [6, 6.07) is 7.80. The number of nitrogens with two attached hydrogens (primary N) is 1. The van der Waals surface area contributed by atoms with Crippen molar-refractivity contribution < 1.29 is 39.6 Å². The number of rotatable bonds is 20. The SMILES string of the molecule is C=O.C=O.Cc1cc(CN(CO)CC(=O)O)nc(CN(CCCCCCN)Cc2cc(C)cc(CN(CO)CC(=O)O)n2)c1. The Labute approximate surface area is 259 Å². The third-order valence-electron chi connectivity index (χ3n) is 6.24. The molecule has 246 valence electrons. The molecule has 0 aliphatic rings.